The number of nitrogens with one attached hydrogen (secondary N) is 1. The summed E-state index contributed by atoms with van der Waals surface area (Å²) < 4.78 is 48.3. The van der Waals surface area contributed by atoms with Crippen LogP contribution in [0, 0.1) is 24.4 Å². The van der Waals surface area contributed by atoms with E-state index >= 15 is 0 Å². The molecule has 9 heteroatoms. The van der Waals surface area contributed by atoms with Gasteiger partial charge >= 0.3 is 0 Å². The second-order valence-electron chi connectivity index (χ2n) is 7.85. The summed E-state index contributed by atoms with van der Waals surface area (Å²) in [6, 6.07) is 7.66. The summed E-state index contributed by atoms with van der Waals surface area (Å²) in [6.45, 7) is 5.47. The van der Waals surface area contributed by atoms with E-state index in [-0.39, 0.29) is 0 Å². The molecule has 2 aromatic carbocycles. The third-order valence-corrected chi connectivity index (χ3v) is 6.03. The van der Waals surface area contributed by atoms with Gasteiger partial charge in [0.05, 0.1) is 30.5 Å². The van der Waals surface area contributed by atoms with Crippen LogP contribution in [-0.2, 0) is 5.41 Å². The fourth-order valence-corrected chi connectivity index (χ4v) is 4.23. The summed E-state index contributed by atoms with van der Waals surface area (Å²) in [5.41, 5.74) is 2.58. The summed E-state index contributed by atoms with van der Waals surface area (Å²) >= 11 is 1.36. The lowest BCUT2D eigenvalue weighted by molar-refractivity contribution is 0.413. The Labute approximate surface area is 187 Å². The van der Waals surface area contributed by atoms with Crippen molar-refractivity contribution in [2.45, 2.75) is 26.2 Å². The number of ether oxygens (including phenoxy) is 1. The number of methoxy groups -OCH3 is 1. The van der Waals surface area contributed by atoms with Crippen LogP contribution in [0.2, 0.25) is 0 Å². The lowest BCUT2D eigenvalue weighted by Crippen LogP contribution is -2.20. The molecule has 1 N–H and O–H groups in total. The van der Waals surface area contributed by atoms with E-state index in [1.807, 2.05) is 35.9 Å². The lowest BCUT2D eigenvalue weighted by atomic mass is 9.82. The Morgan fingerprint density at radius 2 is 1.81 bits per heavy atom. The van der Waals surface area contributed by atoms with E-state index in [0.29, 0.717) is 22.1 Å². The van der Waals surface area contributed by atoms with E-state index in [2.05, 4.69) is 15.3 Å². The zero-order chi connectivity index (χ0) is 23.0. The normalized spacial score (nSPS) is 11.6. The molecule has 4 aromatic rings. The highest BCUT2D eigenvalue weighted by molar-refractivity contribution is 7.13. The Morgan fingerprint density at radius 3 is 2.44 bits per heavy atom. The van der Waals surface area contributed by atoms with Crippen molar-refractivity contribution in [1.29, 1.82) is 0 Å². The van der Waals surface area contributed by atoms with Crippen LogP contribution in [0.4, 0.5) is 24.0 Å². The number of rotatable bonds is 6. The van der Waals surface area contributed by atoms with Crippen LogP contribution >= 0.6 is 11.3 Å². The average molecular weight is 459 g/mol. The Morgan fingerprint density at radius 1 is 1.09 bits per heavy atom. The van der Waals surface area contributed by atoms with Gasteiger partial charge in [-0.1, -0.05) is 13.8 Å². The van der Waals surface area contributed by atoms with Crippen molar-refractivity contribution in [2.24, 2.45) is 0 Å². The zero-order valence-electron chi connectivity index (χ0n) is 17.9. The van der Waals surface area contributed by atoms with Gasteiger partial charge in [0.1, 0.15) is 5.75 Å². The van der Waals surface area contributed by atoms with E-state index in [0.717, 1.165) is 29.2 Å². The van der Waals surface area contributed by atoms with E-state index < -0.39 is 22.9 Å². The first-order chi connectivity index (χ1) is 15.2. The van der Waals surface area contributed by atoms with Crippen molar-refractivity contribution in [3.63, 3.8) is 0 Å². The molecule has 0 atom stereocenters. The van der Waals surface area contributed by atoms with Gasteiger partial charge in [0.2, 0.25) is 0 Å². The second kappa shape index (κ2) is 8.31. The summed E-state index contributed by atoms with van der Waals surface area (Å²) in [5.74, 6) is -3.26. The zero-order valence-corrected chi connectivity index (χ0v) is 18.7. The standard InChI is InChI=1S/C23H21F3N4OS/c1-13-10-30(12-27-13)18-6-5-15(9-19(18)31-4)28-22-29-20(11-32-22)23(2,3)14-7-16(24)21(26)17(25)8-14/h5-12H,1-4H3,(H,28,29). The predicted molar refractivity (Wildman–Crippen MR) is 119 cm³/mol. The van der Waals surface area contributed by atoms with Crippen LogP contribution in [-0.4, -0.2) is 21.6 Å². The molecular formula is C23H21F3N4OS. The molecule has 0 aliphatic carbocycles. The molecule has 0 aliphatic rings. The predicted octanol–water partition coefficient (Wildman–Crippen LogP) is 6.13. The van der Waals surface area contributed by atoms with E-state index in [1.54, 1.807) is 32.7 Å². The third-order valence-electron chi connectivity index (χ3n) is 5.27. The SMILES string of the molecule is COc1cc(Nc2nc(C(C)(C)c3cc(F)c(F)c(F)c3)cs2)ccc1-n1cnc(C)c1. The topological polar surface area (TPSA) is 52.0 Å². The fraction of sp³-hybridized carbons (Fsp3) is 0.217. The largest absolute Gasteiger partial charge is 0.494 e. The van der Waals surface area contributed by atoms with Crippen LogP contribution < -0.4 is 10.1 Å². The molecule has 0 unspecified atom stereocenters. The Balaban J connectivity index is 1.59. The molecule has 5 nitrogen and oxygen atoms in total. The Bertz CT molecular complexity index is 1260. The first-order valence-corrected chi connectivity index (χ1v) is 10.6. The van der Waals surface area contributed by atoms with Crippen LogP contribution in [0.3, 0.4) is 0 Å². The van der Waals surface area contributed by atoms with Gasteiger partial charge in [-0.25, -0.2) is 23.1 Å². The summed E-state index contributed by atoms with van der Waals surface area (Å²) in [4.78, 5) is 8.83. The number of thiazole rings is 1. The number of benzene rings is 2. The molecule has 32 heavy (non-hydrogen) atoms. The molecule has 4 rings (SSSR count). The van der Waals surface area contributed by atoms with Crippen LogP contribution in [0.25, 0.3) is 5.69 Å². The number of aryl methyl sites for hydroxylation is 1. The minimum atomic E-state index is -1.48. The third kappa shape index (κ3) is 4.08. The Kier molecular flexibility index (Phi) is 5.68. The van der Waals surface area contributed by atoms with E-state index in [9.17, 15) is 13.2 Å². The maximum absolute atomic E-state index is 13.7. The highest BCUT2D eigenvalue weighted by atomic mass is 32.1. The Hall–Kier alpha value is -3.33. The van der Waals surface area contributed by atoms with Crippen molar-refractivity contribution in [1.82, 2.24) is 14.5 Å². The molecule has 0 radical (unpaired) electrons. The van der Waals surface area contributed by atoms with Gasteiger partial charge in [-0.15, -0.1) is 11.3 Å². The summed E-state index contributed by atoms with van der Waals surface area (Å²) in [5, 5.41) is 5.64. The van der Waals surface area contributed by atoms with Crippen molar-refractivity contribution in [2.75, 3.05) is 12.4 Å². The number of halogens is 3. The maximum Gasteiger partial charge on any atom is 0.194 e. The molecule has 2 aromatic heterocycles. The molecule has 0 amide bonds. The van der Waals surface area contributed by atoms with Gasteiger partial charge in [-0.2, -0.15) is 0 Å². The van der Waals surface area contributed by atoms with E-state index in [4.69, 9.17) is 4.74 Å². The van der Waals surface area contributed by atoms with Crippen molar-refractivity contribution >= 4 is 22.2 Å². The molecule has 0 spiro atoms. The number of anilines is 2. The molecule has 0 bridgehead atoms. The highest BCUT2D eigenvalue weighted by Gasteiger charge is 2.28. The van der Waals surface area contributed by atoms with Crippen LogP contribution in [0.1, 0.15) is 30.8 Å². The molecule has 166 valence electrons. The molecule has 0 saturated carbocycles. The lowest BCUT2D eigenvalue weighted by Gasteiger charge is -2.23. The quantitative estimate of drug-likeness (QED) is 0.353. The summed E-state index contributed by atoms with van der Waals surface area (Å²) in [6.07, 6.45) is 3.62. The summed E-state index contributed by atoms with van der Waals surface area (Å²) in [7, 11) is 1.59. The molecular weight excluding hydrogens is 437 g/mol. The van der Waals surface area contributed by atoms with E-state index in [1.165, 1.54) is 11.3 Å². The van der Waals surface area contributed by atoms with Crippen molar-refractivity contribution in [3.05, 3.63) is 82.6 Å². The molecule has 0 aliphatic heterocycles. The van der Waals surface area contributed by atoms with Gasteiger partial charge < -0.3 is 14.6 Å². The first-order valence-electron chi connectivity index (χ1n) is 9.76. The minimum absolute atomic E-state index is 0.299. The fourth-order valence-electron chi connectivity index (χ4n) is 3.33. The van der Waals surface area contributed by atoms with Crippen molar-refractivity contribution in [3.8, 4) is 11.4 Å². The van der Waals surface area contributed by atoms with Gasteiger partial charge in [-0.3, -0.25) is 0 Å². The van der Waals surface area contributed by atoms with Gasteiger partial charge in [0.15, 0.2) is 22.6 Å². The van der Waals surface area contributed by atoms with Gasteiger partial charge in [-0.05, 0) is 36.8 Å². The minimum Gasteiger partial charge on any atom is -0.494 e. The number of hydrogen-bond donors (Lipinski definition) is 1. The number of nitrogens with zero attached hydrogens (tertiary/aromatic N) is 3. The smallest absolute Gasteiger partial charge is 0.194 e. The highest BCUT2D eigenvalue weighted by Crippen LogP contribution is 2.36. The molecule has 0 fully saturated rings. The number of hydrogen-bond acceptors (Lipinski definition) is 5. The molecule has 2 heterocycles. The van der Waals surface area contributed by atoms with Crippen LogP contribution in [0.5, 0.6) is 5.75 Å². The van der Waals surface area contributed by atoms with Crippen LogP contribution in [0.15, 0.2) is 48.2 Å². The van der Waals surface area contributed by atoms with Gasteiger partial charge in [0, 0.05) is 28.7 Å². The average Bonchev–Trinajstić information content (AvgIpc) is 3.41. The molecule has 0 saturated heterocycles. The number of imidazole rings is 1. The van der Waals surface area contributed by atoms with Crippen molar-refractivity contribution < 1.29 is 17.9 Å². The monoisotopic (exact) mass is 458 g/mol. The first kappa shape index (κ1) is 21.9. The second-order valence-corrected chi connectivity index (χ2v) is 8.71. The maximum atomic E-state index is 13.7. The number of aromatic nitrogens is 3. The van der Waals surface area contributed by atoms with Gasteiger partial charge in [0.25, 0.3) is 0 Å².